The first-order chi connectivity index (χ1) is 26.8. The van der Waals surface area contributed by atoms with Crippen molar-refractivity contribution in [2.45, 2.75) is 120 Å². The van der Waals surface area contributed by atoms with Gasteiger partial charge in [0.05, 0.1) is 74.2 Å². The van der Waals surface area contributed by atoms with Crippen LogP contribution in [0.2, 0.25) is 15.1 Å². The molecule has 3 aromatic heterocycles. The molecule has 8 heterocycles. The van der Waals surface area contributed by atoms with Gasteiger partial charge in [0.2, 0.25) is 11.8 Å². The summed E-state index contributed by atoms with van der Waals surface area (Å²) in [6, 6.07) is 0. The molecule has 3 amide bonds. The van der Waals surface area contributed by atoms with Crippen molar-refractivity contribution in [2.24, 2.45) is 11.8 Å². The Morgan fingerprint density at radius 3 is 1.61 bits per heavy atom. The van der Waals surface area contributed by atoms with Crippen LogP contribution < -0.4 is 10.6 Å². The number of pyridine rings is 3. The summed E-state index contributed by atoms with van der Waals surface area (Å²) in [5, 5.41) is 8.73. The minimum absolute atomic E-state index is 0.0715. The molecule has 0 saturated carbocycles. The largest absolute Gasteiger partial charge is 0.444 e. The van der Waals surface area contributed by atoms with Gasteiger partial charge in [0.1, 0.15) is 5.60 Å². The van der Waals surface area contributed by atoms with E-state index in [0.717, 1.165) is 99.1 Å². The second-order valence-corrected chi connectivity index (χ2v) is 17.9. The Morgan fingerprint density at radius 1 is 0.632 bits per heavy atom. The lowest BCUT2D eigenvalue weighted by atomic mass is 10.1. The molecule has 5 aliphatic rings. The number of nitrogens with zero attached hydrogens (tertiary/aromatic N) is 6. The molecule has 0 radical (unpaired) electrons. The molecule has 12 nitrogen and oxygen atoms in total. The van der Waals surface area contributed by atoms with E-state index in [9.17, 15) is 14.4 Å². The van der Waals surface area contributed by atoms with Gasteiger partial charge >= 0.3 is 6.09 Å². The molecule has 8 rings (SSSR count). The van der Waals surface area contributed by atoms with Crippen LogP contribution in [0.1, 0.15) is 101 Å². The first-order valence-corrected chi connectivity index (χ1v) is 20.9. The van der Waals surface area contributed by atoms with Crippen molar-refractivity contribution in [3.63, 3.8) is 0 Å². The number of rotatable bonds is 2. The van der Waals surface area contributed by atoms with Crippen LogP contribution in [0.15, 0.2) is 0 Å². The lowest BCUT2D eigenvalue weighted by molar-refractivity contribution is -0.136. The maximum Gasteiger partial charge on any atom is 0.410 e. The Kier molecular flexibility index (Phi) is 13.1. The monoisotopic (exact) mass is 840 g/mol. The maximum absolute atomic E-state index is 12.9. The summed E-state index contributed by atoms with van der Waals surface area (Å²) in [5.41, 5.74) is 11.9. The van der Waals surface area contributed by atoms with Crippen LogP contribution >= 0.6 is 34.8 Å². The number of fused-ring (bicyclic) bond motifs is 3. The number of carbonyl (C=O) groups is 3. The molecular weight excluding hydrogens is 787 g/mol. The maximum atomic E-state index is 12.9. The van der Waals surface area contributed by atoms with Gasteiger partial charge in [-0.3, -0.25) is 24.5 Å². The summed E-state index contributed by atoms with van der Waals surface area (Å²) in [6.07, 6.45) is 1.26. The first-order valence-electron chi connectivity index (χ1n) is 19.7. The van der Waals surface area contributed by atoms with Gasteiger partial charge in [0.25, 0.3) is 0 Å². The number of carbonyl (C=O) groups excluding carboxylic acids is 3. The molecule has 0 unspecified atom stereocenters. The van der Waals surface area contributed by atoms with Gasteiger partial charge in [0.15, 0.2) is 0 Å². The van der Waals surface area contributed by atoms with Crippen molar-refractivity contribution in [3.8, 4) is 0 Å². The fourth-order valence-corrected chi connectivity index (χ4v) is 8.66. The number of aryl methyl sites for hydroxylation is 3. The summed E-state index contributed by atoms with van der Waals surface area (Å²) in [7, 11) is 0. The zero-order valence-corrected chi connectivity index (χ0v) is 36.9. The van der Waals surface area contributed by atoms with Crippen LogP contribution in [-0.2, 0) is 53.6 Å². The Morgan fingerprint density at radius 2 is 1.12 bits per heavy atom. The number of ether oxygens (including phenoxy) is 1. The molecular formula is C42H55Cl3N8O4. The standard InChI is InChI=1S/C19H26ClN3O3.C14H18ClN3O.C9H11ClN2/c1-11-14-9-23(10-15(14)21-12(2)16(11)20)17(24)13-6-7-22(8-13)18(25)26-19(3,4)5;1-8-11-6-18(14(19)10-3-4-16-5-10)7-12(11)17-9(2)13(8)15;1-5-7-3-11-4-8(7)12-6(2)9(5)10/h13H,6-10H2,1-5H3;10,16H,3-7H2,1-2H3;11H,3-4H2,1-2H3/t13-;10-;/m11./s1. The quantitative estimate of drug-likeness (QED) is 0.275. The third-order valence-electron chi connectivity index (χ3n) is 11.4. The van der Waals surface area contributed by atoms with Gasteiger partial charge in [-0.25, -0.2) is 4.79 Å². The van der Waals surface area contributed by atoms with Crippen LogP contribution in [0.5, 0.6) is 0 Å². The lowest BCUT2D eigenvalue weighted by Crippen LogP contribution is -2.37. The number of hydrogen-bond acceptors (Lipinski definition) is 9. The van der Waals surface area contributed by atoms with Gasteiger partial charge < -0.3 is 30.1 Å². The predicted octanol–water partition coefficient (Wildman–Crippen LogP) is 7.21. The van der Waals surface area contributed by atoms with Crippen LogP contribution in [0, 0.1) is 53.4 Å². The van der Waals surface area contributed by atoms with E-state index in [0.29, 0.717) is 50.7 Å². The predicted molar refractivity (Wildman–Crippen MR) is 222 cm³/mol. The molecule has 0 aliphatic carbocycles. The van der Waals surface area contributed by atoms with Crippen molar-refractivity contribution >= 4 is 52.7 Å². The summed E-state index contributed by atoms with van der Waals surface area (Å²) in [6.45, 7) is 24.2. The topological polar surface area (TPSA) is 133 Å². The highest BCUT2D eigenvalue weighted by Gasteiger charge is 2.38. The van der Waals surface area contributed by atoms with Gasteiger partial charge in [-0.05, 0) is 115 Å². The molecule has 5 aliphatic heterocycles. The van der Waals surface area contributed by atoms with E-state index in [-0.39, 0.29) is 29.7 Å². The molecule has 0 bridgehead atoms. The molecule has 15 heteroatoms. The highest BCUT2D eigenvalue weighted by molar-refractivity contribution is 6.32. The molecule has 0 aromatic carbocycles. The minimum Gasteiger partial charge on any atom is -0.444 e. The van der Waals surface area contributed by atoms with Crippen molar-refractivity contribution in [3.05, 3.63) is 82.6 Å². The second kappa shape index (κ2) is 17.4. The van der Waals surface area contributed by atoms with Crippen LogP contribution in [0.25, 0.3) is 0 Å². The van der Waals surface area contributed by atoms with E-state index in [2.05, 4.69) is 32.5 Å². The summed E-state index contributed by atoms with van der Waals surface area (Å²) >= 11 is 18.6. The van der Waals surface area contributed by atoms with Crippen molar-refractivity contribution in [2.75, 3.05) is 26.2 Å². The molecule has 2 atom stereocenters. The summed E-state index contributed by atoms with van der Waals surface area (Å²) in [5.74, 6) is 0.262. The van der Waals surface area contributed by atoms with Gasteiger partial charge in [0, 0.05) is 45.8 Å². The van der Waals surface area contributed by atoms with E-state index < -0.39 is 5.60 Å². The molecule has 2 saturated heterocycles. The molecule has 3 aromatic rings. The zero-order valence-electron chi connectivity index (χ0n) is 34.6. The number of likely N-dealkylation sites (tertiary alicyclic amines) is 1. The van der Waals surface area contributed by atoms with E-state index in [1.807, 2.05) is 65.2 Å². The number of hydrogen-bond donors (Lipinski definition) is 2. The van der Waals surface area contributed by atoms with Gasteiger partial charge in [-0.2, -0.15) is 0 Å². The van der Waals surface area contributed by atoms with Crippen molar-refractivity contribution < 1.29 is 19.1 Å². The number of halogens is 3. The summed E-state index contributed by atoms with van der Waals surface area (Å²) < 4.78 is 5.41. The smallest absolute Gasteiger partial charge is 0.410 e. The van der Waals surface area contributed by atoms with E-state index in [1.165, 1.54) is 11.1 Å². The molecule has 2 N–H and O–H groups in total. The second-order valence-electron chi connectivity index (χ2n) is 16.8. The Bertz CT molecular complexity index is 2080. The van der Waals surface area contributed by atoms with Crippen molar-refractivity contribution in [1.29, 1.82) is 0 Å². The average Bonchev–Trinajstić information content (AvgIpc) is 4.01. The number of amides is 3. The van der Waals surface area contributed by atoms with E-state index >= 15 is 0 Å². The van der Waals surface area contributed by atoms with Gasteiger partial charge in [-0.15, -0.1) is 0 Å². The minimum atomic E-state index is -0.532. The summed E-state index contributed by atoms with van der Waals surface area (Å²) in [4.78, 5) is 56.4. The highest BCUT2D eigenvalue weighted by atomic mass is 35.5. The average molecular weight is 842 g/mol. The van der Waals surface area contributed by atoms with Crippen LogP contribution in [0.3, 0.4) is 0 Å². The normalized spacial score (nSPS) is 19.4. The molecule has 308 valence electrons. The number of nitrogens with one attached hydrogen (secondary N) is 2. The third-order valence-corrected chi connectivity index (χ3v) is 13.1. The van der Waals surface area contributed by atoms with Crippen molar-refractivity contribution in [1.82, 2.24) is 40.3 Å². The SMILES string of the molecule is Cc1nc2c(c(C)c1Cl)CN(C(=O)[C@@H]1CCN(C(=O)OC(C)(C)C)C1)C2.Cc1nc2c(c(C)c1Cl)CN(C(=O)[C@@H]1CCNC1)C2.Cc1nc2c(c(C)c1Cl)CNC2. The van der Waals surface area contributed by atoms with Gasteiger partial charge in [-0.1, -0.05) is 34.8 Å². The molecule has 57 heavy (non-hydrogen) atoms. The Balaban J connectivity index is 0.000000155. The lowest BCUT2D eigenvalue weighted by Gasteiger charge is -2.25. The first kappa shape index (κ1) is 43.0. The fraction of sp³-hybridized carbons (Fsp3) is 0.571. The fourth-order valence-electron chi connectivity index (χ4n) is 8.19. The Hall–Kier alpha value is -3.55. The van der Waals surface area contributed by atoms with E-state index in [4.69, 9.17) is 39.5 Å². The number of aromatic nitrogens is 3. The van der Waals surface area contributed by atoms with E-state index in [1.54, 1.807) is 4.90 Å². The van der Waals surface area contributed by atoms with Crippen LogP contribution in [-0.4, -0.2) is 79.3 Å². The Labute approximate surface area is 351 Å². The van der Waals surface area contributed by atoms with Crippen LogP contribution in [0.4, 0.5) is 4.79 Å². The third kappa shape index (κ3) is 9.36. The molecule has 2 fully saturated rings. The zero-order chi connectivity index (χ0) is 41.5. The molecule has 0 spiro atoms. The highest BCUT2D eigenvalue weighted by Crippen LogP contribution is 2.34.